The van der Waals surface area contributed by atoms with Crippen LogP contribution in [0.25, 0.3) is 0 Å². The van der Waals surface area contributed by atoms with Gasteiger partial charge in [0.1, 0.15) is 22.8 Å². The number of aryl methyl sites for hydroxylation is 1. The van der Waals surface area contributed by atoms with Crippen molar-refractivity contribution in [1.29, 1.82) is 0 Å². The van der Waals surface area contributed by atoms with E-state index < -0.39 is 5.97 Å². The Kier molecular flexibility index (Phi) is 4.29. The number of hydrogen-bond acceptors (Lipinski definition) is 3. The Bertz CT molecular complexity index is 652. The smallest absolute Gasteiger partial charge is 0.339 e. The van der Waals surface area contributed by atoms with Crippen LogP contribution in [0.5, 0.6) is 17.2 Å². The Morgan fingerprint density at radius 1 is 1.25 bits per heavy atom. The molecule has 0 fully saturated rings. The van der Waals surface area contributed by atoms with Crippen molar-refractivity contribution in [2.75, 3.05) is 7.11 Å². The molecular formula is C15H13BrO4. The van der Waals surface area contributed by atoms with E-state index in [1.54, 1.807) is 44.4 Å². The molecule has 0 aliphatic carbocycles. The lowest BCUT2D eigenvalue weighted by atomic mass is 10.1. The van der Waals surface area contributed by atoms with Crippen molar-refractivity contribution in [1.82, 2.24) is 0 Å². The quantitative estimate of drug-likeness (QED) is 0.906. The molecule has 20 heavy (non-hydrogen) atoms. The van der Waals surface area contributed by atoms with E-state index in [0.29, 0.717) is 21.7 Å². The number of hydrogen-bond donors (Lipinski definition) is 1. The minimum absolute atomic E-state index is 0.132. The number of benzene rings is 2. The van der Waals surface area contributed by atoms with Gasteiger partial charge in [0, 0.05) is 0 Å². The van der Waals surface area contributed by atoms with Crippen LogP contribution in [-0.4, -0.2) is 18.2 Å². The number of aromatic carboxylic acids is 1. The van der Waals surface area contributed by atoms with Crippen molar-refractivity contribution in [3.63, 3.8) is 0 Å². The first-order valence-electron chi connectivity index (χ1n) is 5.87. The van der Waals surface area contributed by atoms with Crippen LogP contribution >= 0.6 is 15.9 Å². The van der Waals surface area contributed by atoms with E-state index >= 15 is 0 Å². The first kappa shape index (κ1) is 14.4. The molecule has 0 aromatic heterocycles. The Hall–Kier alpha value is -2.01. The van der Waals surface area contributed by atoms with Gasteiger partial charge < -0.3 is 14.6 Å². The first-order valence-corrected chi connectivity index (χ1v) is 6.66. The summed E-state index contributed by atoms with van der Waals surface area (Å²) in [7, 11) is 1.58. The summed E-state index contributed by atoms with van der Waals surface area (Å²) in [5.74, 6) is 0.536. The zero-order valence-corrected chi connectivity index (χ0v) is 12.6. The second-order valence-corrected chi connectivity index (χ2v) is 5.01. The van der Waals surface area contributed by atoms with Crippen LogP contribution in [0, 0.1) is 6.92 Å². The predicted octanol–water partition coefficient (Wildman–Crippen LogP) is 4.26. The van der Waals surface area contributed by atoms with Gasteiger partial charge in [0.2, 0.25) is 0 Å². The molecule has 0 bridgehead atoms. The molecule has 4 nitrogen and oxygen atoms in total. The lowest BCUT2D eigenvalue weighted by molar-refractivity contribution is 0.0694. The van der Waals surface area contributed by atoms with Crippen LogP contribution in [0.15, 0.2) is 40.9 Å². The highest BCUT2D eigenvalue weighted by atomic mass is 79.9. The molecule has 2 rings (SSSR count). The van der Waals surface area contributed by atoms with Crippen molar-refractivity contribution in [3.05, 3.63) is 52.0 Å². The maximum absolute atomic E-state index is 11.2. The van der Waals surface area contributed by atoms with E-state index in [1.807, 2.05) is 0 Å². The largest absolute Gasteiger partial charge is 0.497 e. The van der Waals surface area contributed by atoms with Gasteiger partial charge in [0.05, 0.1) is 11.6 Å². The average molecular weight is 337 g/mol. The Morgan fingerprint density at radius 2 is 2.00 bits per heavy atom. The number of carbonyl (C=O) groups is 1. The van der Waals surface area contributed by atoms with E-state index in [0.717, 1.165) is 5.56 Å². The molecule has 0 spiro atoms. The van der Waals surface area contributed by atoms with E-state index in [9.17, 15) is 9.90 Å². The number of methoxy groups -OCH3 is 1. The summed E-state index contributed by atoms with van der Waals surface area (Å²) >= 11 is 3.38. The van der Waals surface area contributed by atoms with E-state index in [2.05, 4.69) is 15.9 Å². The van der Waals surface area contributed by atoms with Crippen LogP contribution in [0.1, 0.15) is 15.9 Å². The molecule has 0 aliphatic heterocycles. The third-order valence-corrected chi connectivity index (χ3v) is 3.41. The maximum Gasteiger partial charge on any atom is 0.339 e. The summed E-state index contributed by atoms with van der Waals surface area (Å²) in [6, 6.07) is 10.2. The van der Waals surface area contributed by atoms with Crippen molar-refractivity contribution in [3.8, 4) is 17.2 Å². The molecule has 0 heterocycles. The van der Waals surface area contributed by atoms with Gasteiger partial charge in [-0.05, 0) is 52.7 Å². The van der Waals surface area contributed by atoms with Gasteiger partial charge in [0.25, 0.3) is 0 Å². The average Bonchev–Trinajstić information content (AvgIpc) is 2.42. The number of carboxylic acid groups (broad SMARTS) is 1. The fourth-order valence-corrected chi connectivity index (χ4v) is 2.20. The minimum atomic E-state index is -1.02. The molecule has 5 heteroatoms. The van der Waals surface area contributed by atoms with E-state index in [4.69, 9.17) is 9.47 Å². The summed E-state index contributed by atoms with van der Waals surface area (Å²) in [5.41, 5.74) is 0.889. The summed E-state index contributed by atoms with van der Waals surface area (Å²) in [4.78, 5) is 11.2. The molecule has 0 saturated heterocycles. The fourth-order valence-electron chi connectivity index (χ4n) is 1.76. The molecule has 0 aliphatic rings. The van der Waals surface area contributed by atoms with Gasteiger partial charge in [-0.2, -0.15) is 0 Å². The topological polar surface area (TPSA) is 55.8 Å². The molecule has 0 atom stereocenters. The molecule has 104 valence electrons. The molecule has 2 aromatic rings. The van der Waals surface area contributed by atoms with Gasteiger partial charge in [-0.15, -0.1) is 0 Å². The molecule has 1 N–H and O–H groups in total. The SMILES string of the molecule is COc1ccc(Oc2c(C)cccc2C(=O)O)c(Br)c1. The van der Waals surface area contributed by atoms with Crippen LogP contribution in [0.2, 0.25) is 0 Å². The number of rotatable bonds is 4. The molecular weight excluding hydrogens is 324 g/mol. The lowest BCUT2D eigenvalue weighted by Crippen LogP contribution is -2.01. The van der Waals surface area contributed by atoms with Gasteiger partial charge in [-0.25, -0.2) is 4.79 Å². The Balaban J connectivity index is 2.42. The second kappa shape index (κ2) is 5.96. The number of ether oxygens (including phenoxy) is 2. The first-order chi connectivity index (χ1) is 9.52. The van der Waals surface area contributed by atoms with Crippen molar-refractivity contribution in [2.45, 2.75) is 6.92 Å². The van der Waals surface area contributed by atoms with E-state index in [-0.39, 0.29) is 5.56 Å². The van der Waals surface area contributed by atoms with E-state index in [1.165, 1.54) is 6.07 Å². The normalized spacial score (nSPS) is 10.2. The zero-order chi connectivity index (χ0) is 14.7. The van der Waals surface area contributed by atoms with Crippen molar-refractivity contribution in [2.24, 2.45) is 0 Å². The fraction of sp³-hybridized carbons (Fsp3) is 0.133. The molecule has 2 aromatic carbocycles. The monoisotopic (exact) mass is 336 g/mol. The van der Waals surface area contributed by atoms with Crippen LogP contribution in [0.4, 0.5) is 0 Å². The van der Waals surface area contributed by atoms with Gasteiger partial charge in [-0.3, -0.25) is 0 Å². The van der Waals surface area contributed by atoms with Crippen LogP contribution in [0.3, 0.4) is 0 Å². The highest BCUT2D eigenvalue weighted by Gasteiger charge is 2.15. The van der Waals surface area contributed by atoms with Gasteiger partial charge >= 0.3 is 5.97 Å². The zero-order valence-electron chi connectivity index (χ0n) is 11.0. The summed E-state index contributed by atoms with van der Waals surface area (Å²) < 4.78 is 11.5. The van der Waals surface area contributed by atoms with Gasteiger partial charge in [-0.1, -0.05) is 12.1 Å². The van der Waals surface area contributed by atoms with Crippen LogP contribution < -0.4 is 9.47 Å². The van der Waals surface area contributed by atoms with Crippen LogP contribution in [-0.2, 0) is 0 Å². The summed E-state index contributed by atoms with van der Waals surface area (Å²) in [6.45, 7) is 1.80. The van der Waals surface area contributed by atoms with Gasteiger partial charge in [0.15, 0.2) is 0 Å². The van der Waals surface area contributed by atoms with Crippen molar-refractivity contribution < 1.29 is 19.4 Å². The molecule has 0 radical (unpaired) electrons. The third kappa shape index (κ3) is 2.93. The Labute approximate surface area is 125 Å². The highest BCUT2D eigenvalue weighted by Crippen LogP contribution is 2.35. The standard InChI is InChI=1S/C15H13BrO4/c1-9-4-3-5-11(15(17)18)14(9)20-13-7-6-10(19-2)8-12(13)16/h3-8H,1-2H3,(H,17,18). The minimum Gasteiger partial charge on any atom is -0.497 e. The number of carboxylic acids is 1. The van der Waals surface area contributed by atoms with Crippen molar-refractivity contribution >= 4 is 21.9 Å². The molecule has 0 saturated carbocycles. The maximum atomic E-state index is 11.2. The highest BCUT2D eigenvalue weighted by molar-refractivity contribution is 9.10. The number of para-hydroxylation sites is 1. The number of halogens is 1. The Morgan fingerprint density at radius 3 is 2.60 bits per heavy atom. The second-order valence-electron chi connectivity index (χ2n) is 4.16. The third-order valence-electron chi connectivity index (χ3n) is 2.79. The summed E-state index contributed by atoms with van der Waals surface area (Å²) in [6.07, 6.45) is 0. The molecule has 0 amide bonds. The predicted molar refractivity (Wildman–Crippen MR) is 78.9 cm³/mol. The lowest BCUT2D eigenvalue weighted by Gasteiger charge is -2.13. The molecule has 0 unspecified atom stereocenters. The summed E-state index contributed by atoms with van der Waals surface area (Å²) in [5, 5.41) is 9.21.